The molecule has 0 radical (unpaired) electrons. The first kappa shape index (κ1) is 14.8. The molecule has 0 fully saturated rings. The number of ether oxygens (including phenoxy) is 1. The monoisotopic (exact) mass is 334 g/mol. The van der Waals surface area contributed by atoms with Gasteiger partial charge in [-0.05, 0) is 41.5 Å². The summed E-state index contributed by atoms with van der Waals surface area (Å²) >= 11 is 24.8. The van der Waals surface area contributed by atoms with E-state index in [1.807, 2.05) is 6.07 Å². The third-order valence-electron chi connectivity index (χ3n) is 2.71. The third-order valence-corrected chi connectivity index (χ3v) is 4.09. The minimum absolute atomic E-state index is 0.468. The average Bonchev–Trinajstić information content (AvgIpc) is 2.40. The maximum atomic E-state index is 6.44. The van der Waals surface area contributed by atoms with E-state index in [1.54, 1.807) is 37.4 Å². The van der Waals surface area contributed by atoms with Gasteiger partial charge in [0, 0.05) is 15.1 Å². The van der Waals surface area contributed by atoms with Crippen LogP contribution in [-0.4, -0.2) is 7.11 Å². The normalized spacial score (nSPS) is 12.3. The van der Waals surface area contributed by atoms with Crippen molar-refractivity contribution in [3.8, 4) is 5.75 Å². The first-order valence-electron chi connectivity index (χ1n) is 5.45. The molecule has 2 aromatic carbocycles. The van der Waals surface area contributed by atoms with Gasteiger partial charge in [0.1, 0.15) is 5.75 Å². The molecule has 0 aromatic heterocycles. The van der Waals surface area contributed by atoms with E-state index in [9.17, 15) is 0 Å². The fraction of sp³-hybridized carbons (Fsp3) is 0.143. The van der Waals surface area contributed by atoms with E-state index in [0.717, 1.165) is 11.1 Å². The van der Waals surface area contributed by atoms with Gasteiger partial charge >= 0.3 is 0 Å². The molecule has 100 valence electrons. The highest BCUT2D eigenvalue weighted by Gasteiger charge is 2.18. The smallest absolute Gasteiger partial charge is 0.120 e. The van der Waals surface area contributed by atoms with Gasteiger partial charge in [0.15, 0.2) is 0 Å². The van der Waals surface area contributed by atoms with E-state index in [0.29, 0.717) is 20.8 Å². The number of halogens is 4. The lowest BCUT2D eigenvalue weighted by Gasteiger charge is -2.15. The second-order valence-electron chi connectivity index (χ2n) is 3.92. The van der Waals surface area contributed by atoms with E-state index >= 15 is 0 Å². The molecule has 0 N–H and O–H groups in total. The molecule has 1 nitrogen and oxygen atoms in total. The Labute approximate surface area is 132 Å². The Morgan fingerprint density at radius 2 is 1.63 bits per heavy atom. The largest absolute Gasteiger partial charge is 0.497 e. The molecule has 0 bridgehead atoms. The van der Waals surface area contributed by atoms with E-state index in [-0.39, 0.29) is 0 Å². The molecule has 0 saturated carbocycles. The lowest BCUT2D eigenvalue weighted by molar-refractivity contribution is 0.414. The zero-order chi connectivity index (χ0) is 14.0. The quantitative estimate of drug-likeness (QED) is 0.626. The standard InChI is InChI=1S/C14H10Cl4O/c1-19-9-3-4-10(13(17)7-9)14(18)11-6-8(15)2-5-12(11)16/h2-7,14H,1H3. The van der Waals surface area contributed by atoms with Crippen molar-refractivity contribution >= 4 is 46.4 Å². The molecule has 2 rings (SSSR count). The summed E-state index contributed by atoms with van der Waals surface area (Å²) in [4.78, 5) is 0. The minimum Gasteiger partial charge on any atom is -0.497 e. The van der Waals surface area contributed by atoms with Gasteiger partial charge in [0.25, 0.3) is 0 Å². The van der Waals surface area contributed by atoms with Crippen LogP contribution in [0.5, 0.6) is 5.75 Å². The minimum atomic E-state index is -0.468. The van der Waals surface area contributed by atoms with Crippen molar-refractivity contribution in [2.75, 3.05) is 7.11 Å². The highest BCUT2D eigenvalue weighted by molar-refractivity contribution is 6.36. The first-order chi connectivity index (χ1) is 9.02. The summed E-state index contributed by atoms with van der Waals surface area (Å²) in [7, 11) is 1.58. The van der Waals surface area contributed by atoms with Crippen LogP contribution in [0.15, 0.2) is 36.4 Å². The Morgan fingerprint density at radius 3 is 2.26 bits per heavy atom. The van der Waals surface area contributed by atoms with Crippen molar-refractivity contribution < 1.29 is 4.74 Å². The Hall–Kier alpha value is -0.600. The summed E-state index contributed by atoms with van der Waals surface area (Å²) in [6, 6.07) is 10.5. The zero-order valence-corrected chi connectivity index (χ0v) is 13.0. The predicted molar refractivity (Wildman–Crippen MR) is 82.2 cm³/mol. The summed E-state index contributed by atoms with van der Waals surface area (Å²) in [5.41, 5.74) is 1.48. The molecule has 0 saturated heterocycles. The van der Waals surface area contributed by atoms with Gasteiger partial charge in [-0.15, -0.1) is 11.6 Å². The van der Waals surface area contributed by atoms with Gasteiger partial charge in [-0.25, -0.2) is 0 Å². The maximum Gasteiger partial charge on any atom is 0.120 e. The number of hydrogen-bond acceptors (Lipinski definition) is 1. The SMILES string of the molecule is COc1ccc(C(Cl)c2cc(Cl)ccc2Cl)c(Cl)c1. The highest BCUT2D eigenvalue weighted by atomic mass is 35.5. The van der Waals surface area contributed by atoms with E-state index in [4.69, 9.17) is 51.1 Å². The molecule has 1 unspecified atom stereocenters. The number of hydrogen-bond donors (Lipinski definition) is 0. The average molecular weight is 336 g/mol. The van der Waals surface area contributed by atoms with Crippen LogP contribution in [0.1, 0.15) is 16.5 Å². The number of methoxy groups -OCH3 is 1. The summed E-state index contributed by atoms with van der Waals surface area (Å²) in [5, 5.41) is 1.19. The Kier molecular flexibility index (Phi) is 4.86. The molecule has 5 heteroatoms. The van der Waals surface area contributed by atoms with Crippen molar-refractivity contribution in [3.63, 3.8) is 0 Å². The van der Waals surface area contributed by atoms with Gasteiger partial charge in [0.05, 0.1) is 12.5 Å². The molecular formula is C14H10Cl4O. The van der Waals surface area contributed by atoms with Gasteiger partial charge in [-0.3, -0.25) is 0 Å². The molecule has 0 aliphatic heterocycles. The van der Waals surface area contributed by atoms with Crippen LogP contribution < -0.4 is 4.74 Å². The van der Waals surface area contributed by atoms with Crippen molar-refractivity contribution in [2.45, 2.75) is 5.38 Å². The van der Waals surface area contributed by atoms with Crippen LogP contribution in [0.25, 0.3) is 0 Å². The van der Waals surface area contributed by atoms with Gasteiger partial charge in [-0.2, -0.15) is 0 Å². The molecule has 0 heterocycles. The molecule has 0 spiro atoms. The molecular weight excluding hydrogens is 326 g/mol. The first-order valence-corrected chi connectivity index (χ1v) is 7.02. The van der Waals surface area contributed by atoms with Crippen LogP contribution in [0.4, 0.5) is 0 Å². The summed E-state index contributed by atoms with van der Waals surface area (Å²) in [6.07, 6.45) is 0. The molecule has 0 amide bonds. The van der Waals surface area contributed by atoms with Gasteiger partial charge in [0.2, 0.25) is 0 Å². The predicted octanol–water partition coefficient (Wildman–Crippen LogP) is 5.98. The number of alkyl halides is 1. The summed E-state index contributed by atoms with van der Waals surface area (Å²) in [5.74, 6) is 0.676. The Bertz CT molecular complexity index is 598. The van der Waals surface area contributed by atoms with Gasteiger partial charge in [-0.1, -0.05) is 40.9 Å². The number of benzene rings is 2. The number of rotatable bonds is 3. The van der Waals surface area contributed by atoms with Crippen LogP contribution in [0.2, 0.25) is 15.1 Å². The third kappa shape index (κ3) is 3.29. The lowest BCUT2D eigenvalue weighted by Crippen LogP contribution is -1.96. The zero-order valence-electron chi connectivity index (χ0n) is 9.96. The molecule has 2 aromatic rings. The molecule has 1 atom stereocenters. The second-order valence-corrected chi connectivity index (χ2v) is 5.60. The molecule has 0 aliphatic rings. The molecule has 19 heavy (non-hydrogen) atoms. The van der Waals surface area contributed by atoms with E-state index < -0.39 is 5.38 Å². The summed E-state index contributed by atoms with van der Waals surface area (Å²) < 4.78 is 5.10. The Balaban J connectivity index is 2.43. The van der Waals surface area contributed by atoms with Crippen LogP contribution in [0.3, 0.4) is 0 Å². The molecule has 0 aliphatic carbocycles. The van der Waals surface area contributed by atoms with Crippen molar-refractivity contribution in [2.24, 2.45) is 0 Å². The summed E-state index contributed by atoms with van der Waals surface area (Å²) in [6.45, 7) is 0. The lowest BCUT2D eigenvalue weighted by atomic mass is 10.0. The second kappa shape index (κ2) is 6.23. The fourth-order valence-electron chi connectivity index (χ4n) is 1.72. The van der Waals surface area contributed by atoms with Crippen molar-refractivity contribution in [3.05, 3.63) is 62.6 Å². The van der Waals surface area contributed by atoms with E-state index in [1.165, 1.54) is 0 Å². The highest BCUT2D eigenvalue weighted by Crippen LogP contribution is 2.39. The van der Waals surface area contributed by atoms with Crippen LogP contribution >= 0.6 is 46.4 Å². The van der Waals surface area contributed by atoms with Crippen molar-refractivity contribution in [1.29, 1.82) is 0 Å². The maximum absolute atomic E-state index is 6.44. The Morgan fingerprint density at radius 1 is 0.895 bits per heavy atom. The van der Waals surface area contributed by atoms with Crippen molar-refractivity contribution in [1.82, 2.24) is 0 Å². The van der Waals surface area contributed by atoms with E-state index in [2.05, 4.69) is 0 Å². The van der Waals surface area contributed by atoms with Crippen LogP contribution in [0, 0.1) is 0 Å². The topological polar surface area (TPSA) is 9.23 Å². The fourth-order valence-corrected chi connectivity index (χ4v) is 2.89. The van der Waals surface area contributed by atoms with Crippen LogP contribution in [-0.2, 0) is 0 Å². The van der Waals surface area contributed by atoms with Gasteiger partial charge < -0.3 is 4.74 Å².